The Bertz CT molecular complexity index is 450. The molecule has 0 aliphatic carbocycles. The third-order valence-electron chi connectivity index (χ3n) is 1.79. The van der Waals surface area contributed by atoms with E-state index in [0.717, 1.165) is 15.3 Å². The fraction of sp³-hybridized carbons (Fsp3) is 0.100. The van der Waals surface area contributed by atoms with Gasteiger partial charge < -0.3 is 0 Å². The number of fused-ring (bicyclic) bond motifs is 1. The van der Waals surface area contributed by atoms with Crippen molar-refractivity contribution in [2.75, 3.05) is 11.6 Å². The van der Waals surface area contributed by atoms with Crippen LogP contribution in [0.4, 0.5) is 5.13 Å². The van der Waals surface area contributed by atoms with Crippen LogP contribution in [0.25, 0.3) is 10.2 Å². The van der Waals surface area contributed by atoms with Gasteiger partial charge in [-0.15, -0.1) is 6.42 Å². The van der Waals surface area contributed by atoms with Crippen molar-refractivity contribution in [3.05, 3.63) is 24.3 Å². The summed E-state index contributed by atoms with van der Waals surface area (Å²) in [4.78, 5) is 4.36. The maximum atomic E-state index is 5.71. The second-order valence-electron chi connectivity index (χ2n) is 2.80. The summed E-state index contributed by atoms with van der Waals surface area (Å²) >= 11 is 1.54. The molecule has 0 radical (unpaired) electrons. The molecule has 1 aromatic carbocycles. The molecule has 0 atom stereocenters. The first-order valence-corrected chi connectivity index (χ1v) is 4.94. The van der Waals surface area contributed by atoms with E-state index in [1.807, 2.05) is 24.3 Å². The van der Waals surface area contributed by atoms with Crippen LogP contribution >= 0.6 is 11.3 Å². The second-order valence-corrected chi connectivity index (χ2v) is 3.81. The lowest BCUT2D eigenvalue weighted by molar-refractivity contribution is 0.948. The zero-order chi connectivity index (χ0) is 9.97. The normalized spacial score (nSPS) is 10.0. The molecule has 2 rings (SSSR count). The number of benzene rings is 1. The van der Waals surface area contributed by atoms with Gasteiger partial charge in [0.25, 0.3) is 0 Å². The summed E-state index contributed by atoms with van der Waals surface area (Å²) in [6, 6.07) is 7.90. The lowest BCUT2D eigenvalue weighted by Gasteiger charge is -2.09. The molecule has 0 amide bonds. The van der Waals surface area contributed by atoms with Crippen LogP contribution < -0.4 is 10.9 Å². The Labute approximate surface area is 86.1 Å². The van der Waals surface area contributed by atoms with Gasteiger partial charge in [0.1, 0.15) is 0 Å². The Morgan fingerprint density at radius 1 is 1.50 bits per heavy atom. The number of hydrogen-bond acceptors (Lipinski definition) is 4. The molecule has 3 nitrogen and oxygen atoms in total. The minimum Gasteiger partial charge on any atom is -0.274 e. The number of aromatic nitrogens is 1. The van der Waals surface area contributed by atoms with Crippen molar-refractivity contribution in [1.82, 2.24) is 4.98 Å². The average Bonchev–Trinajstić information content (AvgIpc) is 2.61. The zero-order valence-corrected chi connectivity index (χ0v) is 8.29. The number of hydrogen-bond donors (Lipinski definition) is 1. The maximum Gasteiger partial charge on any atom is 0.201 e. The van der Waals surface area contributed by atoms with Gasteiger partial charge in [0.05, 0.1) is 16.8 Å². The third-order valence-corrected chi connectivity index (χ3v) is 2.86. The number of anilines is 1. The van der Waals surface area contributed by atoms with Crippen LogP contribution in [0.5, 0.6) is 0 Å². The van der Waals surface area contributed by atoms with E-state index in [2.05, 4.69) is 10.9 Å². The number of nitrogens with zero attached hydrogens (tertiary/aromatic N) is 2. The van der Waals surface area contributed by atoms with Gasteiger partial charge in [0.15, 0.2) is 0 Å². The van der Waals surface area contributed by atoms with Crippen molar-refractivity contribution < 1.29 is 0 Å². The lowest BCUT2D eigenvalue weighted by atomic mass is 10.3. The molecule has 2 N–H and O–H groups in total. The number of nitrogens with two attached hydrogens (primary N) is 1. The smallest absolute Gasteiger partial charge is 0.201 e. The summed E-state index contributed by atoms with van der Waals surface area (Å²) in [5.41, 5.74) is 0.958. The van der Waals surface area contributed by atoms with Crippen LogP contribution in [0.1, 0.15) is 0 Å². The number of thiazole rings is 1. The highest BCUT2D eigenvalue weighted by molar-refractivity contribution is 7.22. The van der Waals surface area contributed by atoms with Crippen molar-refractivity contribution in [3.8, 4) is 12.3 Å². The first-order valence-electron chi connectivity index (χ1n) is 4.12. The molecule has 0 saturated heterocycles. The first kappa shape index (κ1) is 9.00. The third kappa shape index (κ3) is 1.55. The van der Waals surface area contributed by atoms with Crippen LogP contribution in [0.3, 0.4) is 0 Å². The van der Waals surface area contributed by atoms with E-state index < -0.39 is 0 Å². The van der Waals surface area contributed by atoms with Crippen molar-refractivity contribution in [3.63, 3.8) is 0 Å². The van der Waals surface area contributed by atoms with Gasteiger partial charge in [0, 0.05) is 0 Å². The molecule has 0 aliphatic rings. The summed E-state index contributed by atoms with van der Waals surface area (Å²) in [5, 5.41) is 2.23. The zero-order valence-electron chi connectivity index (χ0n) is 7.47. The van der Waals surface area contributed by atoms with E-state index in [1.165, 1.54) is 16.3 Å². The standard InChI is InChI=1S/C10H9N3S/c1-2-7-13(11)10-12-8-5-3-4-6-9(8)14-10/h1,3-6H,7,11H2. The molecule has 0 aliphatic heterocycles. The van der Waals surface area contributed by atoms with E-state index in [9.17, 15) is 0 Å². The molecule has 70 valence electrons. The molecule has 0 bridgehead atoms. The summed E-state index contributed by atoms with van der Waals surface area (Å²) in [6.07, 6.45) is 5.17. The molecule has 4 heteroatoms. The maximum absolute atomic E-state index is 5.71. The quantitative estimate of drug-likeness (QED) is 0.458. The average molecular weight is 203 g/mol. The minimum absolute atomic E-state index is 0.375. The SMILES string of the molecule is C#CCN(N)c1nc2ccccc2s1. The Morgan fingerprint density at radius 3 is 3.00 bits per heavy atom. The van der Waals surface area contributed by atoms with Crippen LogP contribution in [0.2, 0.25) is 0 Å². The fourth-order valence-electron chi connectivity index (χ4n) is 1.15. The molecular weight excluding hydrogens is 194 g/mol. The molecular formula is C10H9N3S. The highest BCUT2D eigenvalue weighted by Crippen LogP contribution is 2.26. The molecule has 0 saturated carbocycles. The molecule has 2 aromatic rings. The van der Waals surface area contributed by atoms with Crippen molar-refractivity contribution in [2.24, 2.45) is 5.84 Å². The van der Waals surface area contributed by atoms with Gasteiger partial charge in [-0.2, -0.15) is 0 Å². The summed E-state index contributed by atoms with van der Waals surface area (Å²) in [6.45, 7) is 0.375. The van der Waals surface area contributed by atoms with Crippen molar-refractivity contribution >= 4 is 26.7 Å². The Morgan fingerprint density at radius 2 is 2.29 bits per heavy atom. The van der Waals surface area contributed by atoms with Crippen molar-refractivity contribution in [1.29, 1.82) is 0 Å². The van der Waals surface area contributed by atoms with Gasteiger partial charge >= 0.3 is 0 Å². The second kappa shape index (κ2) is 3.66. The molecule has 1 aromatic heterocycles. The lowest BCUT2D eigenvalue weighted by Crippen LogP contribution is -2.30. The van der Waals surface area contributed by atoms with E-state index in [-0.39, 0.29) is 0 Å². The molecule has 0 spiro atoms. The predicted octanol–water partition coefficient (Wildman–Crippen LogP) is 1.61. The molecule has 14 heavy (non-hydrogen) atoms. The van der Waals surface area contributed by atoms with Crippen molar-refractivity contribution in [2.45, 2.75) is 0 Å². The van der Waals surface area contributed by atoms with Crippen LogP contribution in [-0.2, 0) is 0 Å². The van der Waals surface area contributed by atoms with Crippen LogP contribution in [-0.4, -0.2) is 11.5 Å². The molecule has 0 unspecified atom stereocenters. The summed E-state index contributed by atoms with van der Waals surface area (Å²) < 4.78 is 1.12. The fourth-order valence-corrected chi connectivity index (χ4v) is 2.04. The largest absolute Gasteiger partial charge is 0.274 e. The number of rotatable bonds is 2. The number of para-hydroxylation sites is 1. The Balaban J connectivity index is 2.41. The molecule has 1 heterocycles. The first-order chi connectivity index (χ1) is 6.81. The van der Waals surface area contributed by atoms with E-state index in [4.69, 9.17) is 12.3 Å². The van der Waals surface area contributed by atoms with Gasteiger partial charge in [-0.25, -0.2) is 10.8 Å². The monoisotopic (exact) mass is 203 g/mol. The van der Waals surface area contributed by atoms with E-state index in [1.54, 1.807) is 0 Å². The number of hydrazine groups is 1. The Kier molecular flexibility index (Phi) is 2.35. The Hall–Kier alpha value is -1.57. The van der Waals surface area contributed by atoms with E-state index in [0.29, 0.717) is 6.54 Å². The van der Waals surface area contributed by atoms with Gasteiger partial charge in [-0.05, 0) is 12.1 Å². The van der Waals surface area contributed by atoms with Gasteiger partial charge in [-0.3, -0.25) is 5.01 Å². The highest BCUT2D eigenvalue weighted by Gasteiger charge is 2.06. The minimum atomic E-state index is 0.375. The summed E-state index contributed by atoms with van der Waals surface area (Å²) in [7, 11) is 0. The van der Waals surface area contributed by atoms with Gasteiger partial charge in [-0.1, -0.05) is 29.4 Å². The van der Waals surface area contributed by atoms with Gasteiger partial charge in [0.2, 0.25) is 5.13 Å². The molecule has 0 fully saturated rings. The number of terminal acetylenes is 1. The van der Waals surface area contributed by atoms with E-state index >= 15 is 0 Å². The summed E-state index contributed by atoms with van der Waals surface area (Å²) in [5.74, 6) is 8.19. The topological polar surface area (TPSA) is 42.1 Å². The predicted molar refractivity (Wildman–Crippen MR) is 60.0 cm³/mol. The highest BCUT2D eigenvalue weighted by atomic mass is 32.1. The van der Waals surface area contributed by atoms with Crippen LogP contribution in [0, 0.1) is 12.3 Å². The van der Waals surface area contributed by atoms with Crippen LogP contribution in [0.15, 0.2) is 24.3 Å².